The second kappa shape index (κ2) is 5.72. The molecule has 0 aliphatic rings. The van der Waals surface area contributed by atoms with E-state index in [2.05, 4.69) is 47.6 Å². The summed E-state index contributed by atoms with van der Waals surface area (Å²) in [6.07, 6.45) is 2.20. The van der Waals surface area contributed by atoms with Gasteiger partial charge in [-0.2, -0.15) is 0 Å². The largest absolute Gasteiger partial charge is 0.501 e. The maximum atomic E-state index is 5.78. The lowest BCUT2D eigenvalue weighted by atomic mass is 9.85. The van der Waals surface area contributed by atoms with Gasteiger partial charge in [0.05, 0.1) is 19.0 Å². The topological polar surface area (TPSA) is 18.5 Å². The Hall–Kier alpha value is -0.500. The predicted molar refractivity (Wildman–Crippen MR) is 69.4 cm³/mol. The highest BCUT2D eigenvalue weighted by molar-refractivity contribution is 5.08. The van der Waals surface area contributed by atoms with Crippen LogP contribution in [0.25, 0.3) is 0 Å². The molecule has 96 valence electrons. The number of allylic oxidation sites excluding steroid dienone is 1. The van der Waals surface area contributed by atoms with Crippen LogP contribution in [0, 0.1) is 10.8 Å². The van der Waals surface area contributed by atoms with Crippen molar-refractivity contribution in [3.63, 3.8) is 0 Å². The van der Waals surface area contributed by atoms with Gasteiger partial charge in [-0.15, -0.1) is 0 Å². The summed E-state index contributed by atoms with van der Waals surface area (Å²) in [5.74, 6) is 0.987. The summed E-state index contributed by atoms with van der Waals surface area (Å²) in [5, 5.41) is 0. The monoisotopic (exact) mass is 228 g/mol. The highest BCUT2D eigenvalue weighted by Gasteiger charge is 2.27. The fourth-order valence-electron chi connectivity index (χ4n) is 1.49. The van der Waals surface area contributed by atoms with E-state index in [-0.39, 0.29) is 16.9 Å². The van der Waals surface area contributed by atoms with E-state index in [1.54, 1.807) is 7.11 Å². The Kier molecular flexibility index (Phi) is 5.54. The van der Waals surface area contributed by atoms with Crippen LogP contribution >= 0.6 is 0 Å². The molecule has 0 radical (unpaired) electrons. The Morgan fingerprint density at radius 3 is 1.88 bits per heavy atom. The zero-order chi connectivity index (χ0) is 13.0. The molecule has 0 spiro atoms. The Morgan fingerprint density at radius 2 is 1.62 bits per heavy atom. The molecule has 0 aromatic heterocycles. The van der Waals surface area contributed by atoms with Gasteiger partial charge in [0, 0.05) is 12.0 Å². The summed E-state index contributed by atoms with van der Waals surface area (Å²) in [4.78, 5) is 0. The summed E-state index contributed by atoms with van der Waals surface area (Å²) < 4.78 is 11.2. The fraction of sp³-hybridized carbons (Fsp3) is 0.857. The lowest BCUT2D eigenvalue weighted by molar-refractivity contribution is 0.0179. The molecule has 0 aliphatic heterocycles. The van der Waals surface area contributed by atoms with Gasteiger partial charge >= 0.3 is 0 Å². The minimum absolute atomic E-state index is 0.0232. The van der Waals surface area contributed by atoms with Crippen molar-refractivity contribution >= 4 is 0 Å². The molecule has 0 amide bonds. The van der Waals surface area contributed by atoms with E-state index >= 15 is 0 Å². The van der Waals surface area contributed by atoms with Crippen molar-refractivity contribution in [3.05, 3.63) is 11.8 Å². The third-order valence-electron chi connectivity index (χ3n) is 2.46. The summed E-state index contributed by atoms with van der Waals surface area (Å²) in [6.45, 7) is 15.7. The van der Waals surface area contributed by atoms with Gasteiger partial charge in [-0.1, -0.05) is 41.5 Å². The Bertz CT molecular complexity index is 228. The van der Waals surface area contributed by atoms with E-state index in [4.69, 9.17) is 9.47 Å². The van der Waals surface area contributed by atoms with Crippen LogP contribution in [0.3, 0.4) is 0 Å². The molecule has 0 fully saturated rings. The minimum Gasteiger partial charge on any atom is -0.501 e. The van der Waals surface area contributed by atoms with Crippen LogP contribution in [0.1, 0.15) is 48.5 Å². The van der Waals surface area contributed by atoms with E-state index in [1.165, 1.54) is 0 Å². The van der Waals surface area contributed by atoms with Gasteiger partial charge in [0.15, 0.2) is 0 Å². The molecular formula is C14H28O2. The van der Waals surface area contributed by atoms with E-state index in [1.807, 2.05) is 6.92 Å². The highest BCUT2D eigenvalue weighted by atomic mass is 16.5. The molecule has 0 bridgehead atoms. The fourth-order valence-corrected chi connectivity index (χ4v) is 1.49. The molecule has 2 heteroatoms. The van der Waals surface area contributed by atoms with Crippen LogP contribution in [-0.4, -0.2) is 19.8 Å². The summed E-state index contributed by atoms with van der Waals surface area (Å²) in [6, 6.07) is 0. The van der Waals surface area contributed by atoms with Crippen LogP contribution in [0.4, 0.5) is 0 Å². The van der Waals surface area contributed by atoms with Gasteiger partial charge in [-0.25, -0.2) is 0 Å². The van der Waals surface area contributed by atoms with Gasteiger partial charge in [0.1, 0.15) is 0 Å². The Morgan fingerprint density at radius 1 is 1.12 bits per heavy atom. The molecule has 1 unspecified atom stereocenters. The van der Waals surface area contributed by atoms with E-state index in [9.17, 15) is 0 Å². The third-order valence-corrected chi connectivity index (χ3v) is 2.46. The molecule has 2 nitrogen and oxygen atoms in total. The minimum atomic E-state index is 0.0232. The average Bonchev–Trinajstić information content (AvgIpc) is 2.07. The van der Waals surface area contributed by atoms with Crippen LogP contribution < -0.4 is 0 Å². The smallest absolute Gasteiger partial charge is 0.0994 e. The van der Waals surface area contributed by atoms with Crippen LogP contribution in [-0.2, 0) is 9.47 Å². The van der Waals surface area contributed by atoms with Crippen molar-refractivity contribution in [2.75, 3.05) is 13.7 Å². The molecule has 1 atom stereocenters. The maximum absolute atomic E-state index is 5.78. The van der Waals surface area contributed by atoms with Gasteiger partial charge in [0.2, 0.25) is 0 Å². The lowest BCUT2D eigenvalue weighted by Crippen LogP contribution is -2.29. The normalized spacial score (nSPS) is 16.1. The van der Waals surface area contributed by atoms with Crippen molar-refractivity contribution in [1.29, 1.82) is 0 Å². The lowest BCUT2D eigenvalue weighted by Gasteiger charge is -2.31. The zero-order valence-corrected chi connectivity index (χ0v) is 12.2. The van der Waals surface area contributed by atoms with Gasteiger partial charge in [-0.3, -0.25) is 0 Å². The molecule has 0 heterocycles. The highest BCUT2D eigenvalue weighted by Crippen LogP contribution is 2.30. The number of hydrogen-bond donors (Lipinski definition) is 0. The average molecular weight is 228 g/mol. The number of methoxy groups -OCH3 is 1. The van der Waals surface area contributed by atoms with Crippen molar-refractivity contribution in [3.8, 4) is 0 Å². The first-order chi connectivity index (χ1) is 7.12. The third kappa shape index (κ3) is 5.02. The molecule has 0 N–H and O–H groups in total. The van der Waals surface area contributed by atoms with Gasteiger partial charge in [0.25, 0.3) is 0 Å². The zero-order valence-electron chi connectivity index (χ0n) is 12.2. The van der Waals surface area contributed by atoms with E-state index < -0.39 is 0 Å². The van der Waals surface area contributed by atoms with Crippen molar-refractivity contribution in [2.45, 2.75) is 54.6 Å². The summed E-state index contributed by atoms with van der Waals surface area (Å²) in [5.41, 5.74) is 0.111. The number of ether oxygens (including phenoxy) is 2. The van der Waals surface area contributed by atoms with E-state index in [0.29, 0.717) is 0 Å². The Labute approximate surface area is 101 Å². The second-order valence-electron chi connectivity index (χ2n) is 6.23. The summed E-state index contributed by atoms with van der Waals surface area (Å²) in [7, 11) is 1.72. The number of hydrogen-bond acceptors (Lipinski definition) is 2. The van der Waals surface area contributed by atoms with Crippen molar-refractivity contribution in [1.82, 2.24) is 0 Å². The van der Waals surface area contributed by atoms with Crippen molar-refractivity contribution in [2.24, 2.45) is 10.8 Å². The molecule has 0 aliphatic carbocycles. The summed E-state index contributed by atoms with van der Waals surface area (Å²) >= 11 is 0. The molecule has 16 heavy (non-hydrogen) atoms. The Balaban J connectivity index is 5.02. The number of rotatable bonds is 4. The first kappa shape index (κ1) is 15.5. The molecule has 0 aromatic carbocycles. The van der Waals surface area contributed by atoms with Crippen LogP contribution in [0.15, 0.2) is 11.8 Å². The first-order valence-corrected chi connectivity index (χ1v) is 6.00. The van der Waals surface area contributed by atoms with Crippen molar-refractivity contribution < 1.29 is 9.47 Å². The van der Waals surface area contributed by atoms with Crippen LogP contribution in [0.2, 0.25) is 0 Å². The molecule has 0 rings (SSSR count). The SMILES string of the molecule is CCOC(C=C(OC)C(C)(C)C)C(C)(C)C. The molecule has 0 saturated carbocycles. The van der Waals surface area contributed by atoms with E-state index in [0.717, 1.165) is 12.4 Å². The molecule has 0 saturated heterocycles. The molecule has 0 aromatic rings. The maximum Gasteiger partial charge on any atom is 0.0994 e. The first-order valence-electron chi connectivity index (χ1n) is 6.00. The molecular weight excluding hydrogens is 200 g/mol. The van der Waals surface area contributed by atoms with Crippen LogP contribution in [0.5, 0.6) is 0 Å². The van der Waals surface area contributed by atoms with Gasteiger partial charge < -0.3 is 9.47 Å². The quantitative estimate of drug-likeness (QED) is 0.677. The van der Waals surface area contributed by atoms with Gasteiger partial charge in [-0.05, 0) is 18.4 Å². The predicted octanol–water partition coefficient (Wildman–Crippen LogP) is 4.01. The standard InChI is InChI=1S/C14H28O2/c1-9-16-12(14(5,6)7)10-11(15-8)13(2,3)4/h10,12H,9H2,1-8H3. The second-order valence-corrected chi connectivity index (χ2v) is 6.23.